The fourth-order valence-corrected chi connectivity index (χ4v) is 3.59. The highest BCUT2D eigenvalue weighted by Gasteiger charge is 2.31. The number of esters is 1. The molecule has 0 aliphatic rings. The number of carbonyl (C=O) groups excluding carboxylic acids is 1. The van der Waals surface area contributed by atoms with Gasteiger partial charge in [-0.25, -0.2) is 4.98 Å². The van der Waals surface area contributed by atoms with Crippen molar-refractivity contribution in [3.63, 3.8) is 0 Å². The third-order valence-electron chi connectivity index (χ3n) is 3.96. The van der Waals surface area contributed by atoms with Crippen LogP contribution in [0.15, 0.2) is 53.7 Å². The summed E-state index contributed by atoms with van der Waals surface area (Å²) in [6, 6.07) is 13.0. The van der Waals surface area contributed by atoms with Crippen molar-refractivity contribution in [2.24, 2.45) is 0 Å². The second-order valence-corrected chi connectivity index (χ2v) is 8.48. The van der Waals surface area contributed by atoms with Gasteiger partial charge in [0.25, 0.3) is 0 Å². The molecule has 0 saturated carbocycles. The summed E-state index contributed by atoms with van der Waals surface area (Å²) in [6.45, 7) is 5.76. The molecule has 4 nitrogen and oxygen atoms in total. The van der Waals surface area contributed by atoms with Crippen molar-refractivity contribution in [1.82, 2.24) is 9.55 Å². The van der Waals surface area contributed by atoms with Crippen LogP contribution in [0.5, 0.6) is 0 Å². The van der Waals surface area contributed by atoms with Crippen LogP contribution in [-0.4, -0.2) is 26.9 Å². The van der Waals surface area contributed by atoms with E-state index in [4.69, 9.17) is 4.74 Å². The van der Waals surface area contributed by atoms with Gasteiger partial charge in [-0.05, 0) is 44.5 Å². The number of hydrogen-bond acceptors (Lipinski definition) is 4. The van der Waals surface area contributed by atoms with Crippen molar-refractivity contribution >= 4 is 28.8 Å². The predicted octanol–water partition coefficient (Wildman–Crippen LogP) is 5.54. The lowest BCUT2D eigenvalue weighted by atomic mass is 10.2. The molecule has 0 bridgehead atoms. The highest BCUT2D eigenvalue weighted by molar-refractivity contribution is 7.99. The summed E-state index contributed by atoms with van der Waals surface area (Å²) in [5.74, 6) is -0.390. The number of rotatable bonds is 5. The molecule has 154 valence electrons. The SMILES string of the molecule is CC(C)(C)OC(=O)CSc1nc2cc(C(F)(F)F)ccc2n1Cc1ccccc1. The molecule has 3 aromatic rings. The van der Waals surface area contributed by atoms with Crippen molar-refractivity contribution in [3.05, 3.63) is 59.7 Å². The molecular weight excluding hydrogens is 401 g/mol. The highest BCUT2D eigenvalue weighted by atomic mass is 32.2. The van der Waals surface area contributed by atoms with Gasteiger partial charge in [0.1, 0.15) is 5.60 Å². The van der Waals surface area contributed by atoms with Crippen molar-refractivity contribution in [3.8, 4) is 0 Å². The number of thioether (sulfide) groups is 1. The van der Waals surface area contributed by atoms with E-state index in [0.29, 0.717) is 17.2 Å². The van der Waals surface area contributed by atoms with E-state index in [9.17, 15) is 18.0 Å². The third-order valence-corrected chi connectivity index (χ3v) is 4.91. The molecule has 0 N–H and O–H groups in total. The molecule has 0 spiro atoms. The van der Waals surface area contributed by atoms with Gasteiger partial charge in [0.15, 0.2) is 5.16 Å². The van der Waals surface area contributed by atoms with Crippen LogP contribution in [0, 0.1) is 0 Å². The number of ether oxygens (including phenoxy) is 1. The number of benzene rings is 2. The first-order valence-electron chi connectivity index (χ1n) is 8.99. The summed E-state index contributed by atoms with van der Waals surface area (Å²) in [5, 5.41) is 0.467. The maximum absolute atomic E-state index is 13.1. The molecular formula is C21H21F3N2O2S. The first kappa shape index (κ1) is 21.2. The fourth-order valence-electron chi connectivity index (χ4n) is 2.81. The van der Waals surface area contributed by atoms with Crippen LogP contribution < -0.4 is 0 Å². The highest BCUT2D eigenvalue weighted by Crippen LogP contribution is 2.33. The maximum Gasteiger partial charge on any atom is 0.416 e. The van der Waals surface area contributed by atoms with Gasteiger partial charge in [-0.1, -0.05) is 42.1 Å². The van der Waals surface area contributed by atoms with Crippen molar-refractivity contribution in [2.45, 2.75) is 44.2 Å². The van der Waals surface area contributed by atoms with E-state index in [1.807, 2.05) is 34.9 Å². The van der Waals surface area contributed by atoms with Crippen LogP contribution in [0.2, 0.25) is 0 Å². The third kappa shape index (κ3) is 5.53. The molecule has 0 aliphatic heterocycles. The Balaban J connectivity index is 1.95. The molecule has 0 radical (unpaired) electrons. The van der Waals surface area contributed by atoms with Gasteiger partial charge in [0.2, 0.25) is 0 Å². The number of fused-ring (bicyclic) bond motifs is 1. The molecule has 1 heterocycles. The number of nitrogens with zero attached hydrogens (tertiary/aromatic N) is 2. The first-order valence-corrected chi connectivity index (χ1v) is 9.97. The molecule has 0 amide bonds. The Morgan fingerprint density at radius 1 is 1.10 bits per heavy atom. The van der Waals surface area contributed by atoms with E-state index in [-0.39, 0.29) is 11.3 Å². The first-order chi connectivity index (χ1) is 13.5. The Morgan fingerprint density at radius 2 is 1.79 bits per heavy atom. The summed E-state index contributed by atoms with van der Waals surface area (Å²) in [7, 11) is 0. The second-order valence-electron chi connectivity index (χ2n) is 7.54. The molecule has 8 heteroatoms. The molecule has 0 atom stereocenters. The number of imidazole rings is 1. The van der Waals surface area contributed by atoms with Crippen LogP contribution in [0.1, 0.15) is 31.9 Å². The van der Waals surface area contributed by atoms with E-state index in [1.165, 1.54) is 6.07 Å². The molecule has 29 heavy (non-hydrogen) atoms. The average Bonchev–Trinajstić information content (AvgIpc) is 2.95. The number of alkyl halides is 3. The minimum Gasteiger partial charge on any atom is -0.459 e. The molecule has 0 fully saturated rings. The van der Waals surface area contributed by atoms with E-state index >= 15 is 0 Å². The Bertz CT molecular complexity index is 1010. The van der Waals surface area contributed by atoms with Crippen LogP contribution >= 0.6 is 11.8 Å². The van der Waals surface area contributed by atoms with E-state index in [1.54, 1.807) is 20.8 Å². The Morgan fingerprint density at radius 3 is 2.41 bits per heavy atom. The summed E-state index contributed by atoms with van der Waals surface area (Å²) >= 11 is 1.15. The molecule has 3 rings (SSSR count). The number of hydrogen-bond donors (Lipinski definition) is 0. The van der Waals surface area contributed by atoms with Gasteiger partial charge < -0.3 is 9.30 Å². The van der Waals surface area contributed by atoms with Crippen LogP contribution in [-0.2, 0) is 22.3 Å². The topological polar surface area (TPSA) is 44.1 Å². The van der Waals surface area contributed by atoms with E-state index in [2.05, 4.69) is 4.98 Å². The van der Waals surface area contributed by atoms with Crippen LogP contribution in [0.4, 0.5) is 13.2 Å². The van der Waals surface area contributed by atoms with E-state index in [0.717, 1.165) is 29.5 Å². The quantitative estimate of drug-likeness (QED) is 0.400. The normalized spacial score (nSPS) is 12.3. The van der Waals surface area contributed by atoms with Gasteiger partial charge in [-0.3, -0.25) is 4.79 Å². The summed E-state index contributed by atoms with van der Waals surface area (Å²) in [5.41, 5.74) is 0.434. The summed E-state index contributed by atoms with van der Waals surface area (Å²) in [6.07, 6.45) is -4.44. The molecule has 0 saturated heterocycles. The average molecular weight is 422 g/mol. The largest absolute Gasteiger partial charge is 0.459 e. The van der Waals surface area contributed by atoms with Gasteiger partial charge in [0.05, 0.1) is 28.9 Å². The molecule has 1 aromatic heterocycles. The fraction of sp³-hybridized carbons (Fsp3) is 0.333. The second kappa shape index (κ2) is 8.10. The Labute approximate surface area is 171 Å². The number of aromatic nitrogens is 2. The molecule has 0 unspecified atom stereocenters. The van der Waals surface area contributed by atoms with Gasteiger partial charge >= 0.3 is 12.1 Å². The summed E-state index contributed by atoms with van der Waals surface area (Å²) < 4.78 is 46.4. The van der Waals surface area contributed by atoms with Crippen molar-refractivity contribution in [1.29, 1.82) is 0 Å². The Kier molecular flexibility index (Phi) is 5.93. The minimum absolute atomic E-state index is 0.0154. The summed E-state index contributed by atoms with van der Waals surface area (Å²) in [4.78, 5) is 16.4. The lowest BCUT2D eigenvalue weighted by molar-refractivity contribution is -0.151. The van der Waals surface area contributed by atoms with Crippen molar-refractivity contribution in [2.75, 3.05) is 5.75 Å². The van der Waals surface area contributed by atoms with Crippen LogP contribution in [0.3, 0.4) is 0 Å². The number of halogens is 3. The van der Waals surface area contributed by atoms with E-state index < -0.39 is 23.3 Å². The van der Waals surface area contributed by atoms with Gasteiger partial charge in [-0.15, -0.1) is 0 Å². The zero-order chi connectivity index (χ0) is 21.2. The zero-order valence-corrected chi connectivity index (χ0v) is 17.1. The predicted molar refractivity (Wildman–Crippen MR) is 107 cm³/mol. The smallest absolute Gasteiger partial charge is 0.416 e. The maximum atomic E-state index is 13.1. The number of carbonyl (C=O) groups is 1. The Hall–Kier alpha value is -2.48. The molecule has 2 aromatic carbocycles. The van der Waals surface area contributed by atoms with Gasteiger partial charge in [-0.2, -0.15) is 13.2 Å². The lowest BCUT2D eigenvalue weighted by Gasteiger charge is -2.19. The zero-order valence-electron chi connectivity index (χ0n) is 16.3. The standard InChI is InChI=1S/C21H21F3N2O2S/c1-20(2,3)28-18(27)13-29-19-25-16-11-15(21(22,23)24)9-10-17(16)26(19)12-14-7-5-4-6-8-14/h4-11H,12-13H2,1-3H3. The lowest BCUT2D eigenvalue weighted by Crippen LogP contribution is -2.25. The minimum atomic E-state index is -4.44. The monoisotopic (exact) mass is 422 g/mol. The van der Waals surface area contributed by atoms with Gasteiger partial charge in [0, 0.05) is 0 Å². The van der Waals surface area contributed by atoms with Crippen LogP contribution in [0.25, 0.3) is 11.0 Å². The molecule has 0 aliphatic carbocycles. The van der Waals surface area contributed by atoms with Crippen molar-refractivity contribution < 1.29 is 22.7 Å².